The third-order valence-corrected chi connectivity index (χ3v) is 7.43. The molecular formula is C27H32F2N8O3S. The second kappa shape index (κ2) is 13.5. The van der Waals surface area contributed by atoms with E-state index in [1.54, 1.807) is 6.20 Å². The van der Waals surface area contributed by atoms with Crippen LogP contribution in [0, 0.1) is 17.7 Å². The summed E-state index contributed by atoms with van der Waals surface area (Å²) < 4.78 is 34.8. The second-order valence-corrected chi connectivity index (χ2v) is 10.8. The number of nitrogens with one attached hydrogen (secondary N) is 1. The van der Waals surface area contributed by atoms with E-state index >= 15 is 0 Å². The zero-order valence-corrected chi connectivity index (χ0v) is 23.5. The van der Waals surface area contributed by atoms with Crippen LogP contribution in [0.5, 0.6) is 0 Å². The summed E-state index contributed by atoms with van der Waals surface area (Å²) >= 11 is 1.19. The van der Waals surface area contributed by atoms with Gasteiger partial charge in [-0.3, -0.25) is 14.6 Å². The second-order valence-electron chi connectivity index (χ2n) is 9.98. The number of esters is 1. The fourth-order valence-corrected chi connectivity index (χ4v) is 4.83. The van der Waals surface area contributed by atoms with Crippen LogP contribution in [0.2, 0.25) is 0 Å². The third kappa shape index (κ3) is 7.79. The number of hydrogen-bond acceptors (Lipinski definition) is 10. The number of ether oxygens (including phenoxy) is 1. The number of aromatic nitrogens is 4. The average molecular weight is 587 g/mol. The van der Waals surface area contributed by atoms with Gasteiger partial charge in [0, 0.05) is 23.4 Å². The van der Waals surface area contributed by atoms with E-state index in [0.717, 1.165) is 44.2 Å². The number of hydrogen-bond donors (Lipinski definition) is 3. The number of rotatable bonds is 10. The average Bonchev–Trinajstić information content (AvgIpc) is 3.65. The molecule has 3 aromatic rings. The van der Waals surface area contributed by atoms with Gasteiger partial charge in [0.05, 0.1) is 23.6 Å². The Hall–Kier alpha value is -4.04. The molecular weight excluding hydrogens is 554 g/mol. The maximum Gasteiger partial charge on any atom is 0.324 e. The van der Waals surface area contributed by atoms with Gasteiger partial charge >= 0.3 is 5.97 Å². The summed E-state index contributed by atoms with van der Waals surface area (Å²) in [6.45, 7) is 3.51. The highest BCUT2D eigenvalue weighted by molar-refractivity contribution is 7.13. The lowest BCUT2D eigenvalue weighted by atomic mass is 9.96. The van der Waals surface area contributed by atoms with Crippen LogP contribution in [-0.2, 0) is 16.3 Å². The molecule has 14 heteroatoms. The van der Waals surface area contributed by atoms with Gasteiger partial charge in [-0.15, -0.1) is 11.3 Å². The Bertz CT molecular complexity index is 1450. The highest BCUT2D eigenvalue weighted by atomic mass is 32.1. The molecule has 1 unspecified atom stereocenters. The SMILES string of the molecule is CC(C)C(N)C(=O)OCn1cc(-c2nc(C(=O)N/C(C=NC3CCCCC3)=C(/N)c3nc(F)ccc3F)cs2)cn1. The zero-order chi connectivity index (χ0) is 29.5. The normalized spacial score (nSPS) is 15.7. The van der Waals surface area contributed by atoms with Crippen molar-refractivity contribution in [3.63, 3.8) is 0 Å². The first-order chi connectivity index (χ1) is 19.6. The number of amides is 1. The van der Waals surface area contributed by atoms with Crippen molar-refractivity contribution in [1.29, 1.82) is 0 Å². The molecule has 4 rings (SSSR count). The molecule has 41 heavy (non-hydrogen) atoms. The van der Waals surface area contributed by atoms with Gasteiger partial charge in [0.2, 0.25) is 5.95 Å². The lowest BCUT2D eigenvalue weighted by molar-refractivity contribution is -0.150. The topological polar surface area (TPSA) is 163 Å². The molecule has 1 aliphatic rings. The molecule has 1 amide bonds. The van der Waals surface area contributed by atoms with Crippen molar-refractivity contribution >= 4 is 35.1 Å². The Kier molecular flexibility index (Phi) is 9.89. The number of nitrogens with zero attached hydrogens (tertiary/aromatic N) is 5. The molecule has 0 saturated heterocycles. The molecule has 3 heterocycles. The van der Waals surface area contributed by atoms with Crippen LogP contribution < -0.4 is 16.8 Å². The van der Waals surface area contributed by atoms with Crippen LogP contribution in [0.15, 0.2) is 40.6 Å². The van der Waals surface area contributed by atoms with Crippen molar-refractivity contribution in [1.82, 2.24) is 25.1 Å². The van der Waals surface area contributed by atoms with Crippen LogP contribution in [0.3, 0.4) is 0 Å². The molecule has 0 aliphatic heterocycles. The number of halogens is 2. The number of pyridine rings is 1. The summed E-state index contributed by atoms with van der Waals surface area (Å²) in [6, 6.07) is 1.09. The third-order valence-electron chi connectivity index (χ3n) is 6.54. The molecule has 1 fully saturated rings. The molecule has 1 saturated carbocycles. The molecule has 0 bridgehead atoms. The molecule has 0 aromatic carbocycles. The Balaban J connectivity index is 1.50. The van der Waals surface area contributed by atoms with Gasteiger partial charge in [-0.2, -0.15) is 9.49 Å². The van der Waals surface area contributed by atoms with E-state index in [2.05, 4.69) is 25.4 Å². The number of thiazole rings is 1. The molecule has 218 valence electrons. The number of aliphatic imine (C=N–C) groups is 1. The molecule has 0 radical (unpaired) electrons. The Morgan fingerprint density at radius 3 is 2.73 bits per heavy atom. The monoisotopic (exact) mass is 586 g/mol. The van der Waals surface area contributed by atoms with Gasteiger partial charge in [-0.1, -0.05) is 33.1 Å². The molecule has 1 atom stereocenters. The van der Waals surface area contributed by atoms with E-state index < -0.39 is 35.4 Å². The van der Waals surface area contributed by atoms with Crippen LogP contribution in [0.1, 0.15) is 62.1 Å². The molecule has 11 nitrogen and oxygen atoms in total. The summed E-state index contributed by atoms with van der Waals surface area (Å²) in [7, 11) is 0. The van der Waals surface area contributed by atoms with E-state index in [1.165, 1.54) is 33.8 Å². The Morgan fingerprint density at radius 2 is 2.00 bits per heavy atom. The van der Waals surface area contributed by atoms with Crippen LogP contribution >= 0.6 is 11.3 Å². The largest absolute Gasteiger partial charge is 0.441 e. The summed E-state index contributed by atoms with van der Waals surface area (Å²) in [5, 5.41) is 8.82. The lowest BCUT2D eigenvalue weighted by Gasteiger charge is -2.18. The van der Waals surface area contributed by atoms with Crippen LogP contribution in [0.25, 0.3) is 16.3 Å². The van der Waals surface area contributed by atoms with Crippen molar-refractivity contribution in [2.24, 2.45) is 22.4 Å². The summed E-state index contributed by atoms with van der Waals surface area (Å²) in [5.41, 5.74) is 11.9. The van der Waals surface area contributed by atoms with Crippen molar-refractivity contribution in [3.8, 4) is 10.6 Å². The fourth-order valence-electron chi connectivity index (χ4n) is 4.05. The van der Waals surface area contributed by atoms with E-state index in [0.29, 0.717) is 10.6 Å². The summed E-state index contributed by atoms with van der Waals surface area (Å²) in [4.78, 5) is 37.6. The molecule has 0 spiro atoms. The zero-order valence-electron chi connectivity index (χ0n) is 22.7. The van der Waals surface area contributed by atoms with Crippen molar-refractivity contribution in [2.45, 2.75) is 64.8 Å². The lowest BCUT2D eigenvalue weighted by Crippen LogP contribution is -2.37. The first-order valence-corrected chi connectivity index (χ1v) is 14.1. The van der Waals surface area contributed by atoms with Gasteiger partial charge in [0.15, 0.2) is 12.5 Å². The number of carbonyl (C=O) groups excluding carboxylic acids is 2. The molecule has 1 aliphatic carbocycles. The minimum absolute atomic E-state index is 0.0126. The Morgan fingerprint density at radius 1 is 1.24 bits per heavy atom. The number of carbonyl (C=O) groups is 2. The predicted octanol–water partition coefficient (Wildman–Crippen LogP) is 3.62. The van der Waals surface area contributed by atoms with Crippen LogP contribution in [-0.4, -0.2) is 49.9 Å². The standard InChI is InChI=1S/C27H32F2N8O3S/c1-15(2)22(30)27(39)40-14-37-12-16(10-33-37)26-35-20(13-41-26)25(38)34-19(11-32-17-6-4-3-5-7-17)23(31)24-18(28)8-9-21(29)36-24/h8-13,15,17,22H,3-7,14,30-31H2,1-2H3,(H,34,38)/b23-19+,32-11?. The van der Waals surface area contributed by atoms with E-state index in [4.69, 9.17) is 16.2 Å². The van der Waals surface area contributed by atoms with E-state index in [9.17, 15) is 18.4 Å². The first-order valence-electron chi connectivity index (χ1n) is 13.2. The van der Waals surface area contributed by atoms with Crippen LogP contribution in [0.4, 0.5) is 8.78 Å². The smallest absolute Gasteiger partial charge is 0.324 e. The van der Waals surface area contributed by atoms with E-state index in [1.807, 2.05) is 13.8 Å². The van der Waals surface area contributed by atoms with Crippen molar-refractivity contribution in [3.05, 3.63) is 58.8 Å². The maximum atomic E-state index is 14.4. The van der Waals surface area contributed by atoms with Gasteiger partial charge in [0.1, 0.15) is 22.4 Å². The van der Waals surface area contributed by atoms with Crippen molar-refractivity contribution in [2.75, 3.05) is 0 Å². The molecule has 3 aromatic heterocycles. The maximum absolute atomic E-state index is 14.4. The number of nitrogens with two attached hydrogens (primary N) is 2. The van der Waals surface area contributed by atoms with Gasteiger partial charge < -0.3 is 21.5 Å². The van der Waals surface area contributed by atoms with Gasteiger partial charge in [-0.25, -0.2) is 19.0 Å². The summed E-state index contributed by atoms with van der Waals surface area (Å²) in [5.74, 6) is -2.98. The van der Waals surface area contributed by atoms with Gasteiger partial charge in [0.25, 0.3) is 5.91 Å². The highest BCUT2D eigenvalue weighted by Crippen LogP contribution is 2.24. The number of allylic oxidation sites excluding steroid dienone is 1. The summed E-state index contributed by atoms with van der Waals surface area (Å²) in [6.07, 6.45) is 9.49. The minimum Gasteiger partial charge on any atom is -0.441 e. The molecule has 5 N–H and O–H groups in total. The minimum atomic E-state index is -0.915. The van der Waals surface area contributed by atoms with E-state index in [-0.39, 0.29) is 35.8 Å². The quantitative estimate of drug-likeness (QED) is 0.184. The fraction of sp³-hybridized carbons (Fsp3) is 0.407. The highest BCUT2D eigenvalue weighted by Gasteiger charge is 2.21. The van der Waals surface area contributed by atoms with Gasteiger partial charge in [-0.05, 0) is 30.9 Å². The van der Waals surface area contributed by atoms with Crippen molar-refractivity contribution < 1.29 is 23.1 Å². The Labute approximate surface area is 239 Å². The predicted molar refractivity (Wildman–Crippen MR) is 150 cm³/mol. The first kappa shape index (κ1) is 29.9.